The summed E-state index contributed by atoms with van der Waals surface area (Å²) in [5, 5.41) is 20.7. The van der Waals surface area contributed by atoms with Crippen molar-refractivity contribution in [3.05, 3.63) is 16.3 Å². The number of quaternary nitrogens is 1. The summed E-state index contributed by atoms with van der Waals surface area (Å²) in [5.41, 5.74) is -0.521. The highest BCUT2D eigenvalue weighted by atomic mass is 16.6. The first-order chi connectivity index (χ1) is 14.3. The Morgan fingerprint density at radius 3 is 2.57 bits per heavy atom. The van der Waals surface area contributed by atoms with Crippen molar-refractivity contribution in [3.8, 4) is 6.01 Å². The molecule has 1 N–H and O–H groups in total. The normalized spacial score (nSPS) is 23.1. The fourth-order valence-corrected chi connectivity index (χ4v) is 4.59. The van der Waals surface area contributed by atoms with E-state index in [9.17, 15) is 20.0 Å². The highest BCUT2D eigenvalue weighted by Crippen LogP contribution is 2.32. The number of nitrogens with zero attached hydrogens (tertiary/aromatic N) is 5. The number of unbranched alkanes of at least 4 members (excludes halogenated alkanes) is 5. The molecule has 1 saturated heterocycles. The second kappa shape index (κ2) is 9.30. The summed E-state index contributed by atoms with van der Waals surface area (Å²) in [6.45, 7) is 8.58. The fourth-order valence-electron chi connectivity index (χ4n) is 4.59. The Labute approximate surface area is 177 Å². The van der Waals surface area contributed by atoms with Gasteiger partial charge in [0.05, 0.1) is 13.1 Å². The van der Waals surface area contributed by atoms with Crippen LogP contribution in [0.15, 0.2) is 6.20 Å². The van der Waals surface area contributed by atoms with Gasteiger partial charge in [0.15, 0.2) is 0 Å². The number of fused-ring (bicyclic) bond motifs is 1. The average molecular weight is 425 g/mol. The molecular formula is C20H34N5O5+. The van der Waals surface area contributed by atoms with E-state index in [0.29, 0.717) is 45.8 Å². The van der Waals surface area contributed by atoms with Crippen LogP contribution in [-0.4, -0.2) is 79.9 Å². The molecule has 3 rings (SSSR count). The van der Waals surface area contributed by atoms with Gasteiger partial charge in [-0.1, -0.05) is 32.6 Å². The molecule has 1 aromatic rings. The van der Waals surface area contributed by atoms with E-state index in [0.717, 1.165) is 12.8 Å². The third-order valence-electron chi connectivity index (χ3n) is 6.35. The van der Waals surface area contributed by atoms with Crippen LogP contribution in [-0.2, 0) is 6.54 Å². The molecule has 0 spiro atoms. The first-order valence-electron chi connectivity index (χ1n) is 11.0. The summed E-state index contributed by atoms with van der Waals surface area (Å²) in [7, 11) is 0. The Morgan fingerprint density at radius 2 is 1.97 bits per heavy atom. The van der Waals surface area contributed by atoms with Crippen LogP contribution >= 0.6 is 0 Å². The van der Waals surface area contributed by atoms with Gasteiger partial charge < -0.3 is 20.0 Å². The molecule has 10 heteroatoms. The van der Waals surface area contributed by atoms with Crippen molar-refractivity contribution in [2.75, 3.05) is 39.3 Å². The van der Waals surface area contributed by atoms with Gasteiger partial charge in [-0.25, -0.2) is 4.48 Å². The average Bonchev–Trinajstić information content (AvgIpc) is 3.21. The SMILES string of the molecule is CCCCCCCC[N+]1(C(=O)O)CCN(CC2(C)Cn3cc([N+](=O)[O-])nc3O2)CC1. The highest BCUT2D eigenvalue weighted by Gasteiger charge is 2.45. The number of ether oxygens (including phenoxy) is 1. The largest absolute Gasteiger partial charge is 0.513 e. The Hall–Kier alpha value is -2.20. The number of hydrogen-bond acceptors (Lipinski definition) is 6. The molecule has 0 bridgehead atoms. The van der Waals surface area contributed by atoms with Crippen molar-refractivity contribution in [1.82, 2.24) is 14.5 Å². The number of nitro groups is 1. The number of piperazine rings is 1. The molecule has 3 heterocycles. The van der Waals surface area contributed by atoms with Crippen LogP contribution in [0.2, 0.25) is 0 Å². The van der Waals surface area contributed by atoms with Gasteiger partial charge in [-0.2, -0.15) is 4.79 Å². The van der Waals surface area contributed by atoms with Crippen LogP contribution in [0.1, 0.15) is 52.4 Å². The van der Waals surface area contributed by atoms with E-state index >= 15 is 0 Å². The zero-order valence-electron chi connectivity index (χ0n) is 18.1. The van der Waals surface area contributed by atoms with Gasteiger partial charge in [-0.15, -0.1) is 0 Å². The minimum absolute atomic E-state index is 0.148. The minimum atomic E-state index is -0.723. The Kier molecular flexibility index (Phi) is 6.97. The summed E-state index contributed by atoms with van der Waals surface area (Å²) < 4.78 is 7.75. The molecule has 1 fully saturated rings. The summed E-state index contributed by atoms with van der Waals surface area (Å²) in [4.78, 5) is 28.5. The lowest BCUT2D eigenvalue weighted by Gasteiger charge is -2.42. The number of hydrogen-bond donors (Lipinski definition) is 1. The lowest BCUT2D eigenvalue weighted by Crippen LogP contribution is -2.63. The van der Waals surface area contributed by atoms with E-state index in [1.54, 1.807) is 4.57 Å². The predicted molar refractivity (Wildman–Crippen MR) is 111 cm³/mol. The van der Waals surface area contributed by atoms with E-state index in [-0.39, 0.29) is 16.3 Å². The number of aromatic nitrogens is 2. The Morgan fingerprint density at radius 1 is 1.30 bits per heavy atom. The van der Waals surface area contributed by atoms with Crippen LogP contribution < -0.4 is 4.74 Å². The van der Waals surface area contributed by atoms with Gasteiger partial charge in [-0.3, -0.25) is 9.47 Å². The maximum absolute atomic E-state index is 12.0. The second-order valence-corrected chi connectivity index (χ2v) is 8.96. The molecule has 10 nitrogen and oxygen atoms in total. The predicted octanol–water partition coefficient (Wildman–Crippen LogP) is 3.11. The topological polar surface area (TPSA) is 111 Å². The Bertz CT molecular complexity index is 733. The molecule has 1 aromatic heterocycles. The molecule has 1 unspecified atom stereocenters. The summed E-state index contributed by atoms with van der Waals surface area (Å²) in [5.74, 6) is -0.205. The van der Waals surface area contributed by atoms with Crippen LogP contribution in [0.4, 0.5) is 10.6 Å². The van der Waals surface area contributed by atoms with Gasteiger partial charge in [-0.05, 0) is 24.7 Å². The molecule has 2 aliphatic heterocycles. The summed E-state index contributed by atoms with van der Waals surface area (Å²) in [6.07, 6.45) is 7.62. The van der Waals surface area contributed by atoms with E-state index in [1.165, 1.54) is 31.9 Å². The number of rotatable bonds is 10. The maximum atomic E-state index is 12.0. The number of imidazole rings is 1. The fraction of sp³-hybridized carbons (Fsp3) is 0.800. The zero-order valence-corrected chi connectivity index (χ0v) is 18.1. The van der Waals surface area contributed by atoms with E-state index in [1.807, 2.05) is 6.92 Å². The number of carboxylic acid groups (broad SMARTS) is 1. The molecule has 0 aromatic carbocycles. The lowest BCUT2D eigenvalue weighted by molar-refractivity contribution is -0.862. The van der Waals surface area contributed by atoms with Crippen molar-refractivity contribution in [1.29, 1.82) is 0 Å². The third kappa shape index (κ3) is 5.10. The molecule has 1 atom stereocenters. The van der Waals surface area contributed by atoms with Gasteiger partial charge in [0.1, 0.15) is 24.9 Å². The van der Waals surface area contributed by atoms with E-state index < -0.39 is 16.6 Å². The lowest BCUT2D eigenvalue weighted by atomic mass is 10.1. The van der Waals surface area contributed by atoms with Gasteiger partial charge >= 0.3 is 17.9 Å². The Balaban J connectivity index is 1.48. The molecule has 0 saturated carbocycles. The number of amides is 1. The van der Waals surface area contributed by atoms with Crippen molar-refractivity contribution in [3.63, 3.8) is 0 Å². The molecule has 2 aliphatic rings. The first kappa shape index (κ1) is 22.5. The third-order valence-corrected chi connectivity index (χ3v) is 6.35. The van der Waals surface area contributed by atoms with Crippen molar-refractivity contribution in [2.45, 2.75) is 64.5 Å². The van der Waals surface area contributed by atoms with Gasteiger partial charge in [0.25, 0.3) is 0 Å². The van der Waals surface area contributed by atoms with Gasteiger partial charge in [0, 0.05) is 24.6 Å². The molecule has 0 aliphatic carbocycles. The zero-order chi connectivity index (χ0) is 21.8. The summed E-state index contributed by atoms with van der Waals surface area (Å²) >= 11 is 0. The van der Waals surface area contributed by atoms with Crippen molar-refractivity contribution in [2.24, 2.45) is 0 Å². The molecule has 30 heavy (non-hydrogen) atoms. The first-order valence-corrected chi connectivity index (χ1v) is 11.0. The standard InChI is InChI=1S/C20H33N5O5/c1-3-4-5-6-7-8-11-25(19(26)27)12-9-22(10-13-25)15-20(2)16-23-14-17(24(28)29)21-18(23)30-20/h14H,3-13,15-16H2,1-2H3/p+1. The highest BCUT2D eigenvalue weighted by molar-refractivity contribution is 5.56. The minimum Gasteiger partial charge on any atom is -0.436 e. The maximum Gasteiger partial charge on any atom is 0.513 e. The summed E-state index contributed by atoms with van der Waals surface area (Å²) in [6, 6.07) is 0.278. The number of carbonyl (C=O) groups is 1. The van der Waals surface area contributed by atoms with Crippen molar-refractivity contribution < 1.29 is 24.0 Å². The molecule has 1 amide bonds. The van der Waals surface area contributed by atoms with E-state index in [2.05, 4.69) is 16.8 Å². The molecular weight excluding hydrogens is 390 g/mol. The quantitative estimate of drug-likeness (QED) is 0.266. The van der Waals surface area contributed by atoms with Crippen molar-refractivity contribution >= 4 is 11.9 Å². The van der Waals surface area contributed by atoms with Crippen LogP contribution in [0, 0.1) is 10.1 Å². The smallest absolute Gasteiger partial charge is 0.436 e. The van der Waals surface area contributed by atoms with Crippen LogP contribution in [0.5, 0.6) is 6.01 Å². The second-order valence-electron chi connectivity index (χ2n) is 8.96. The molecule has 168 valence electrons. The van der Waals surface area contributed by atoms with Crippen LogP contribution in [0.3, 0.4) is 0 Å². The van der Waals surface area contributed by atoms with Gasteiger partial charge in [0.2, 0.25) is 0 Å². The van der Waals surface area contributed by atoms with Crippen LogP contribution in [0.25, 0.3) is 0 Å². The molecule has 0 radical (unpaired) electrons. The monoisotopic (exact) mass is 424 g/mol. The van der Waals surface area contributed by atoms with E-state index in [4.69, 9.17) is 4.74 Å².